The molecule has 1 aromatic carbocycles. The lowest BCUT2D eigenvalue weighted by Gasteiger charge is -2.27. The third kappa shape index (κ3) is 4.27. The molecule has 0 spiro atoms. The summed E-state index contributed by atoms with van der Waals surface area (Å²) in [5, 5.41) is 10.6. The molecule has 0 aliphatic carbocycles. The molecule has 1 atom stereocenters. The Labute approximate surface area is 171 Å². The van der Waals surface area contributed by atoms with Crippen molar-refractivity contribution in [1.29, 1.82) is 0 Å². The second kappa shape index (κ2) is 8.66. The van der Waals surface area contributed by atoms with Gasteiger partial charge in [-0.15, -0.1) is 0 Å². The van der Waals surface area contributed by atoms with Gasteiger partial charge in [0.05, 0.1) is 17.9 Å². The summed E-state index contributed by atoms with van der Waals surface area (Å²) in [6, 6.07) is 10.4. The van der Waals surface area contributed by atoms with Gasteiger partial charge in [-0.1, -0.05) is 38.1 Å². The van der Waals surface area contributed by atoms with Crippen LogP contribution >= 0.6 is 0 Å². The second-order valence-corrected chi connectivity index (χ2v) is 7.95. The average Bonchev–Trinajstić information content (AvgIpc) is 3.30. The number of Topliss-reactive ketones (excluding diaryl/α,β-unsaturated/α-hetero) is 1. The van der Waals surface area contributed by atoms with E-state index in [0.29, 0.717) is 12.5 Å². The highest BCUT2D eigenvalue weighted by Crippen LogP contribution is 2.39. The van der Waals surface area contributed by atoms with Crippen LogP contribution in [-0.4, -0.2) is 53.8 Å². The maximum absolute atomic E-state index is 13.1. The van der Waals surface area contributed by atoms with E-state index < -0.39 is 23.5 Å². The monoisotopic (exact) mass is 396 g/mol. The molecule has 0 unspecified atom stereocenters. The van der Waals surface area contributed by atoms with Gasteiger partial charge < -0.3 is 19.3 Å². The zero-order chi connectivity index (χ0) is 21.1. The fourth-order valence-electron chi connectivity index (χ4n) is 3.62. The van der Waals surface area contributed by atoms with Gasteiger partial charge >= 0.3 is 0 Å². The van der Waals surface area contributed by atoms with E-state index in [2.05, 4.69) is 13.8 Å². The van der Waals surface area contributed by atoms with Crippen LogP contribution in [0.2, 0.25) is 0 Å². The molecule has 3 rings (SSSR count). The molecule has 1 N–H and O–H groups in total. The van der Waals surface area contributed by atoms with Gasteiger partial charge in [-0.2, -0.15) is 0 Å². The summed E-state index contributed by atoms with van der Waals surface area (Å²) in [5.74, 6) is -0.989. The highest BCUT2D eigenvalue weighted by Gasteiger charge is 2.44. The van der Waals surface area contributed by atoms with Crippen molar-refractivity contribution in [3.8, 4) is 0 Å². The third-order valence-corrected chi connectivity index (χ3v) is 5.22. The quantitative estimate of drug-likeness (QED) is 0.685. The zero-order valence-corrected chi connectivity index (χ0v) is 17.4. The number of carbonyl (C=O) groups is 2. The van der Waals surface area contributed by atoms with Crippen LogP contribution in [-0.2, 0) is 4.79 Å². The predicted octanol–water partition coefficient (Wildman–Crippen LogP) is 3.93. The molecule has 1 aromatic heterocycles. The summed E-state index contributed by atoms with van der Waals surface area (Å²) in [5.41, 5.74) is 2.04. The number of aliphatic hydroxyl groups excluding tert-OH is 1. The minimum Gasteiger partial charge on any atom is -0.503 e. The van der Waals surface area contributed by atoms with E-state index in [1.54, 1.807) is 17.0 Å². The molecule has 0 fully saturated rings. The van der Waals surface area contributed by atoms with Crippen LogP contribution in [0, 0.1) is 0 Å². The van der Waals surface area contributed by atoms with Gasteiger partial charge in [0.25, 0.3) is 5.91 Å². The van der Waals surface area contributed by atoms with E-state index in [4.69, 9.17) is 4.42 Å². The minimum absolute atomic E-state index is 0.0760. The van der Waals surface area contributed by atoms with E-state index in [0.717, 1.165) is 18.5 Å². The molecule has 0 radical (unpaired) electrons. The van der Waals surface area contributed by atoms with Gasteiger partial charge in [0.2, 0.25) is 5.78 Å². The molecule has 6 heteroatoms. The molecule has 1 aliphatic heterocycles. The number of ketones is 1. The SMILES string of the molecule is CC(C)c1ccc([C@@H]2C(C(=O)c3ccco3)=C(O)C(=O)N2CCCN(C)C)cc1. The van der Waals surface area contributed by atoms with E-state index in [-0.39, 0.29) is 11.3 Å². The van der Waals surface area contributed by atoms with Crippen molar-refractivity contribution in [3.05, 3.63) is 70.9 Å². The lowest BCUT2D eigenvalue weighted by Crippen LogP contribution is -2.33. The van der Waals surface area contributed by atoms with Crippen molar-refractivity contribution >= 4 is 11.7 Å². The molecule has 6 nitrogen and oxygen atoms in total. The molecular formula is C23H28N2O4. The van der Waals surface area contributed by atoms with Gasteiger partial charge in [0.15, 0.2) is 11.5 Å². The zero-order valence-electron chi connectivity index (χ0n) is 17.4. The number of aliphatic hydroxyl groups is 1. The Hall–Kier alpha value is -2.86. The molecule has 0 bridgehead atoms. The molecule has 2 aromatic rings. The van der Waals surface area contributed by atoms with Crippen molar-refractivity contribution in [3.63, 3.8) is 0 Å². The van der Waals surface area contributed by atoms with Crippen LogP contribution in [0.25, 0.3) is 0 Å². The van der Waals surface area contributed by atoms with Crippen molar-refractivity contribution in [2.75, 3.05) is 27.2 Å². The average molecular weight is 396 g/mol. The summed E-state index contributed by atoms with van der Waals surface area (Å²) >= 11 is 0. The van der Waals surface area contributed by atoms with Crippen LogP contribution in [0.3, 0.4) is 0 Å². The summed E-state index contributed by atoms with van der Waals surface area (Å²) in [6.07, 6.45) is 2.14. The van der Waals surface area contributed by atoms with E-state index in [1.165, 1.54) is 11.8 Å². The smallest absolute Gasteiger partial charge is 0.290 e. The highest BCUT2D eigenvalue weighted by molar-refractivity contribution is 6.15. The Balaban J connectivity index is 1.99. The minimum atomic E-state index is -0.636. The van der Waals surface area contributed by atoms with Crippen molar-refractivity contribution < 1.29 is 19.1 Å². The Morgan fingerprint density at radius 1 is 1.21 bits per heavy atom. The first-order chi connectivity index (χ1) is 13.8. The summed E-state index contributed by atoms with van der Waals surface area (Å²) in [6.45, 7) is 5.45. The fraction of sp³-hybridized carbons (Fsp3) is 0.391. The predicted molar refractivity (Wildman–Crippen MR) is 111 cm³/mol. The molecule has 1 aliphatic rings. The van der Waals surface area contributed by atoms with Crippen molar-refractivity contribution in [2.45, 2.75) is 32.2 Å². The van der Waals surface area contributed by atoms with Crippen molar-refractivity contribution in [1.82, 2.24) is 9.80 Å². The van der Waals surface area contributed by atoms with Crippen molar-refractivity contribution in [2.24, 2.45) is 0 Å². The van der Waals surface area contributed by atoms with E-state index in [1.807, 2.05) is 43.3 Å². The Morgan fingerprint density at radius 2 is 1.90 bits per heavy atom. The van der Waals surface area contributed by atoms with Gasteiger partial charge in [0, 0.05) is 6.54 Å². The second-order valence-electron chi connectivity index (χ2n) is 7.95. The molecular weight excluding hydrogens is 368 g/mol. The van der Waals surface area contributed by atoms with Crippen LogP contribution in [0.5, 0.6) is 0 Å². The first kappa shape index (κ1) is 20.9. The number of rotatable bonds is 8. The fourth-order valence-corrected chi connectivity index (χ4v) is 3.62. The van der Waals surface area contributed by atoms with Gasteiger partial charge in [-0.05, 0) is 56.2 Å². The maximum Gasteiger partial charge on any atom is 0.290 e. The first-order valence-corrected chi connectivity index (χ1v) is 9.88. The maximum atomic E-state index is 13.1. The standard InChI is InChI=1S/C23H28N2O4/c1-15(2)16-8-10-17(11-9-16)20-19(21(26)18-7-5-14-29-18)22(27)23(28)25(20)13-6-12-24(3)4/h5,7-11,14-15,20,27H,6,12-13H2,1-4H3/t20-/m1/s1. The van der Waals surface area contributed by atoms with Crippen LogP contribution in [0.1, 0.15) is 53.9 Å². The summed E-state index contributed by atoms with van der Waals surface area (Å²) in [4.78, 5) is 29.5. The topological polar surface area (TPSA) is 74.0 Å². The molecule has 0 saturated carbocycles. The number of furan rings is 1. The summed E-state index contributed by atoms with van der Waals surface area (Å²) in [7, 11) is 3.94. The highest BCUT2D eigenvalue weighted by atomic mass is 16.3. The third-order valence-electron chi connectivity index (χ3n) is 5.22. The van der Waals surface area contributed by atoms with E-state index in [9.17, 15) is 14.7 Å². The normalized spacial score (nSPS) is 17.1. The Kier molecular flexibility index (Phi) is 6.23. The lowest BCUT2D eigenvalue weighted by atomic mass is 9.93. The van der Waals surface area contributed by atoms with Crippen LogP contribution in [0.4, 0.5) is 0 Å². The van der Waals surface area contributed by atoms with E-state index >= 15 is 0 Å². The Bertz CT molecular complexity index is 895. The largest absolute Gasteiger partial charge is 0.503 e. The number of nitrogens with zero attached hydrogens (tertiary/aromatic N) is 2. The van der Waals surface area contributed by atoms with Gasteiger partial charge in [0.1, 0.15) is 0 Å². The molecule has 154 valence electrons. The van der Waals surface area contributed by atoms with Gasteiger partial charge in [-0.3, -0.25) is 9.59 Å². The van der Waals surface area contributed by atoms with Gasteiger partial charge in [-0.25, -0.2) is 0 Å². The first-order valence-electron chi connectivity index (χ1n) is 9.88. The Morgan fingerprint density at radius 3 is 2.45 bits per heavy atom. The molecule has 0 saturated heterocycles. The lowest BCUT2D eigenvalue weighted by molar-refractivity contribution is -0.129. The van der Waals surface area contributed by atoms with Crippen LogP contribution in [0.15, 0.2) is 58.4 Å². The number of carbonyl (C=O) groups excluding carboxylic acids is 2. The molecule has 29 heavy (non-hydrogen) atoms. The number of amides is 1. The number of hydrogen-bond acceptors (Lipinski definition) is 5. The molecule has 2 heterocycles. The molecule has 1 amide bonds. The number of hydrogen-bond donors (Lipinski definition) is 1. The number of benzene rings is 1. The summed E-state index contributed by atoms with van der Waals surface area (Å²) < 4.78 is 5.24. The van der Waals surface area contributed by atoms with Crippen LogP contribution < -0.4 is 0 Å².